The summed E-state index contributed by atoms with van der Waals surface area (Å²) in [7, 11) is 0. The van der Waals surface area contributed by atoms with Crippen LogP contribution in [0.25, 0.3) is 17.1 Å². The van der Waals surface area contributed by atoms with Gasteiger partial charge in [-0.2, -0.15) is 5.26 Å². The van der Waals surface area contributed by atoms with E-state index in [0.29, 0.717) is 27.2 Å². The van der Waals surface area contributed by atoms with Crippen molar-refractivity contribution < 1.29 is 9.18 Å². The molecule has 1 aromatic carbocycles. The molecule has 0 aliphatic heterocycles. The summed E-state index contributed by atoms with van der Waals surface area (Å²) in [6, 6.07) is 11.9. The summed E-state index contributed by atoms with van der Waals surface area (Å²) in [4.78, 5) is 17.9. The number of nitrogens with zero attached hydrogens (tertiary/aromatic N) is 5. The van der Waals surface area contributed by atoms with Crippen molar-refractivity contribution in [3.63, 3.8) is 0 Å². The molecule has 5 rings (SSSR count). The minimum atomic E-state index is -0.345. The number of hydrogen-bond donors (Lipinski definition) is 1. The van der Waals surface area contributed by atoms with Crippen LogP contribution >= 0.6 is 23.1 Å². The normalized spacial score (nSPS) is 12.4. The number of pyridine rings is 1. The molecule has 0 saturated carbocycles. The van der Waals surface area contributed by atoms with Crippen LogP contribution in [-0.2, 0) is 17.6 Å². The number of thioether (sulfide) groups is 1. The van der Waals surface area contributed by atoms with Crippen LogP contribution in [-0.4, -0.2) is 31.4 Å². The van der Waals surface area contributed by atoms with Crippen molar-refractivity contribution in [3.05, 3.63) is 70.6 Å². The lowest BCUT2D eigenvalue weighted by atomic mass is 10.1. The Hall–Kier alpha value is -3.55. The molecule has 0 spiro atoms. The van der Waals surface area contributed by atoms with Crippen molar-refractivity contribution in [1.29, 1.82) is 5.26 Å². The number of carbonyl (C=O) groups excluding carboxylic acids is 1. The number of benzene rings is 1. The summed E-state index contributed by atoms with van der Waals surface area (Å²) >= 11 is 2.71. The van der Waals surface area contributed by atoms with Crippen LogP contribution in [0, 0.1) is 17.1 Å². The van der Waals surface area contributed by atoms with Crippen molar-refractivity contribution in [1.82, 2.24) is 19.7 Å². The molecular weight excluding hydrogens is 459 g/mol. The van der Waals surface area contributed by atoms with E-state index in [4.69, 9.17) is 0 Å². The van der Waals surface area contributed by atoms with Gasteiger partial charge in [0, 0.05) is 28.5 Å². The summed E-state index contributed by atoms with van der Waals surface area (Å²) < 4.78 is 15.3. The third-order valence-electron chi connectivity index (χ3n) is 5.28. The van der Waals surface area contributed by atoms with Gasteiger partial charge in [0.2, 0.25) is 5.91 Å². The third kappa shape index (κ3) is 4.25. The largest absolute Gasteiger partial charge is 0.316 e. The van der Waals surface area contributed by atoms with Gasteiger partial charge in [-0.1, -0.05) is 11.8 Å². The maximum absolute atomic E-state index is 13.5. The Kier molecular flexibility index (Phi) is 5.90. The molecule has 164 valence electrons. The van der Waals surface area contributed by atoms with Gasteiger partial charge in [0.05, 0.1) is 11.3 Å². The number of halogens is 1. The minimum absolute atomic E-state index is 0.0864. The number of nitriles is 1. The Morgan fingerprint density at radius 2 is 1.97 bits per heavy atom. The third-order valence-corrected chi connectivity index (χ3v) is 7.41. The smallest absolute Gasteiger partial charge is 0.235 e. The number of aryl methyl sites for hydroxylation is 1. The van der Waals surface area contributed by atoms with Gasteiger partial charge in [0.1, 0.15) is 16.9 Å². The fourth-order valence-electron chi connectivity index (χ4n) is 3.78. The number of rotatable bonds is 6. The van der Waals surface area contributed by atoms with Gasteiger partial charge in [0.25, 0.3) is 0 Å². The summed E-state index contributed by atoms with van der Waals surface area (Å²) in [6.45, 7) is 0. The predicted molar refractivity (Wildman–Crippen MR) is 125 cm³/mol. The number of amides is 1. The minimum Gasteiger partial charge on any atom is -0.316 e. The SMILES string of the molecule is N#Cc1c(NC(=O)CSc2nnc(-c3ccncc3)n2-c2ccc(F)cc2)sc2c1CCC2. The quantitative estimate of drug-likeness (QED) is 0.408. The van der Waals surface area contributed by atoms with E-state index in [2.05, 4.69) is 26.6 Å². The van der Waals surface area contributed by atoms with Crippen molar-refractivity contribution in [3.8, 4) is 23.1 Å². The first-order valence-corrected chi connectivity index (χ1v) is 12.0. The van der Waals surface area contributed by atoms with Crippen molar-refractivity contribution in [2.75, 3.05) is 11.1 Å². The van der Waals surface area contributed by atoms with E-state index in [9.17, 15) is 14.4 Å². The van der Waals surface area contributed by atoms with E-state index in [1.165, 1.54) is 40.1 Å². The van der Waals surface area contributed by atoms with E-state index >= 15 is 0 Å². The molecule has 10 heteroatoms. The van der Waals surface area contributed by atoms with Gasteiger partial charge in [-0.05, 0) is 61.2 Å². The van der Waals surface area contributed by atoms with Crippen LogP contribution in [0.15, 0.2) is 53.9 Å². The van der Waals surface area contributed by atoms with Crippen LogP contribution in [0.1, 0.15) is 22.4 Å². The van der Waals surface area contributed by atoms with Crippen LogP contribution in [0.5, 0.6) is 0 Å². The highest BCUT2D eigenvalue weighted by atomic mass is 32.2. The monoisotopic (exact) mass is 476 g/mol. The maximum Gasteiger partial charge on any atom is 0.235 e. The van der Waals surface area contributed by atoms with Crippen LogP contribution in [0.2, 0.25) is 0 Å². The molecule has 1 amide bonds. The second-order valence-electron chi connectivity index (χ2n) is 7.36. The summed E-state index contributed by atoms with van der Waals surface area (Å²) in [5.41, 5.74) is 3.13. The standard InChI is InChI=1S/C23H17FN6OS2/c24-15-4-6-16(7-5-15)30-21(14-8-10-26-11-9-14)28-29-23(30)32-13-20(31)27-22-18(12-25)17-2-1-3-19(17)33-22/h4-11H,1-3,13H2,(H,27,31). The first kappa shape index (κ1) is 21.3. The molecule has 0 fully saturated rings. The maximum atomic E-state index is 13.5. The number of anilines is 1. The van der Waals surface area contributed by atoms with E-state index < -0.39 is 0 Å². The Morgan fingerprint density at radius 3 is 2.73 bits per heavy atom. The molecule has 0 saturated heterocycles. The molecule has 0 bridgehead atoms. The molecule has 1 aliphatic carbocycles. The van der Waals surface area contributed by atoms with Crippen molar-refractivity contribution in [2.24, 2.45) is 0 Å². The van der Waals surface area contributed by atoms with Crippen molar-refractivity contribution in [2.45, 2.75) is 24.4 Å². The molecule has 33 heavy (non-hydrogen) atoms. The molecule has 7 nitrogen and oxygen atoms in total. The van der Waals surface area contributed by atoms with Gasteiger partial charge in [0.15, 0.2) is 11.0 Å². The number of fused-ring (bicyclic) bond motifs is 1. The molecule has 1 aliphatic rings. The number of hydrogen-bond acceptors (Lipinski definition) is 7. The van der Waals surface area contributed by atoms with E-state index in [0.717, 1.165) is 30.4 Å². The molecule has 0 unspecified atom stereocenters. The van der Waals surface area contributed by atoms with Gasteiger partial charge in [-0.25, -0.2) is 4.39 Å². The first-order valence-electron chi connectivity index (χ1n) is 10.2. The summed E-state index contributed by atoms with van der Waals surface area (Å²) in [6.07, 6.45) is 6.21. The highest BCUT2D eigenvalue weighted by molar-refractivity contribution is 7.99. The Morgan fingerprint density at radius 1 is 1.18 bits per heavy atom. The lowest BCUT2D eigenvalue weighted by Gasteiger charge is -2.10. The zero-order valence-corrected chi connectivity index (χ0v) is 18.9. The lowest BCUT2D eigenvalue weighted by Crippen LogP contribution is -2.14. The highest BCUT2D eigenvalue weighted by Crippen LogP contribution is 2.38. The van der Waals surface area contributed by atoms with Gasteiger partial charge < -0.3 is 5.32 Å². The molecule has 3 heterocycles. The topological polar surface area (TPSA) is 96.5 Å². The van der Waals surface area contributed by atoms with E-state index in [1.54, 1.807) is 29.1 Å². The Balaban J connectivity index is 1.39. The first-order chi connectivity index (χ1) is 16.1. The average Bonchev–Trinajstić information content (AvgIpc) is 3.53. The highest BCUT2D eigenvalue weighted by Gasteiger charge is 2.23. The fraction of sp³-hybridized carbons (Fsp3) is 0.174. The second-order valence-corrected chi connectivity index (χ2v) is 9.41. The molecule has 3 aromatic heterocycles. The Labute approximate surface area is 197 Å². The summed E-state index contributed by atoms with van der Waals surface area (Å²) in [5, 5.41) is 22.1. The van der Waals surface area contributed by atoms with Gasteiger partial charge in [-0.15, -0.1) is 21.5 Å². The van der Waals surface area contributed by atoms with E-state index in [1.807, 2.05) is 12.1 Å². The molecular formula is C23H17FN6OS2. The number of carbonyl (C=O) groups is 1. The number of thiophene rings is 1. The second kappa shape index (κ2) is 9.13. The zero-order chi connectivity index (χ0) is 22.8. The number of aromatic nitrogens is 4. The predicted octanol–water partition coefficient (Wildman–Crippen LogP) is 4.62. The molecule has 0 atom stereocenters. The number of nitrogens with one attached hydrogen (secondary N) is 1. The van der Waals surface area contributed by atoms with E-state index in [-0.39, 0.29) is 17.5 Å². The summed E-state index contributed by atoms with van der Waals surface area (Å²) in [5.74, 6) is 0.0780. The van der Waals surface area contributed by atoms with Crippen LogP contribution in [0.3, 0.4) is 0 Å². The van der Waals surface area contributed by atoms with Gasteiger partial charge in [-0.3, -0.25) is 14.3 Å². The van der Waals surface area contributed by atoms with Crippen molar-refractivity contribution >= 4 is 34.0 Å². The molecule has 4 aromatic rings. The van der Waals surface area contributed by atoms with Crippen LogP contribution < -0.4 is 5.32 Å². The average molecular weight is 477 g/mol. The zero-order valence-electron chi connectivity index (χ0n) is 17.3. The van der Waals surface area contributed by atoms with Gasteiger partial charge >= 0.3 is 0 Å². The lowest BCUT2D eigenvalue weighted by molar-refractivity contribution is -0.113. The fourth-order valence-corrected chi connectivity index (χ4v) is 5.79. The Bertz CT molecular complexity index is 1360. The van der Waals surface area contributed by atoms with Crippen LogP contribution in [0.4, 0.5) is 9.39 Å². The molecule has 0 radical (unpaired) electrons. The molecule has 1 N–H and O–H groups in total.